The van der Waals surface area contributed by atoms with Crippen LogP contribution >= 0.6 is 0 Å². The van der Waals surface area contributed by atoms with Gasteiger partial charge in [0.15, 0.2) is 0 Å². The second kappa shape index (κ2) is 12.5. The van der Waals surface area contributed by atoms with Gasteiger partial charge in [-0.1, -0.05) is 76.4 Å². The van der Waals surface area contributed by atoms with Crippen molar-refractivity contribution in [3.8, 4) is 0 Å². The first-order valence-corrected chi connectivity index (χ1v) is 15.0. The molecule has 4 saturated carbocycles. The van der Waals surface area contributed by atoms with Crippen molar-refractivity contribution in [3.05, 3.63) is 35.9 Å². The van der Waals surface area contributed by atoms with Crippen molar-refractivity contribution >= 4 is 12.2 Å². The first-order chi connectivity index (χ1) is 16.8. The van der Waals surface area contributed by atoms with Gasteiger partial charge in [-0.15, -0.1) is 0 Å². The molecule has 4 aliphatic carbocycles. The molecule has 0 saturated heterocycles. The Labute approximate surface area is 209 Å². The molecule has 186 valence electrons. The fourth-order valence-corrected chi connectivity index (χ4v) is 7.82. The number of aromatic nitrogens is 2. The fourth-order valence-electron chi connectivity index (χ4n) is 7.82. The summed E-state index contributed by atoms with van der Waals surface area (Å²) in [5.74, 6) is 5.58. The minimum Gasteiger partial charge on any atom is -0.253 e. The van der Waals surface area contributed by atoms with Crippen molar-refractivity contribution in [2.75, 3.05) is 0 Å². The highest BCUT2D eigenvalue weighted by Crippen LogP contribution is 2.41. The topological polar surface area (TPSA) is 25.8 Å². The van der Waals surface area contributed by atoms with Crippen molar-refractivity contribution in [2.45, 2.75) is 116 Å². The molecule has 2 heteroatoms. The predicted molar refractivity (Wildman–Crippen MR) is 144 cm³/mol. The summed E-state index contributed by atoms with van der Waals surface area (Å²) in [5, 5.41) is 0. The quantitative estimate of drug-likeness (QED) is 0.422. The number of hydrogen-bond acceptors (Lipinski definition) is 2. The Hall–Kier alpha value is -1.44. The average molecular weight is 461 g/mol. The van der Waals surface area contributed by atoms with Gasteiger partial charge in [-0.25, -0.2) is 0 Å². The first kappa shape index (κ1) is 24.3. The smallest absolute Gasteiger partial charge is 0.0810 e. The van der Waals surface area contributed by atoms with Gasteiger partial charge < -0.3 is 0 Å². The molecule has 4 fully saturated rings. The van der Waals surface area contributed by atoms with Crippen molar-refractivity contribution in [3.63, 3.8) is 0 Å². The molecule has 34 heavy (non-hydrogen) atoms. The summed E-state index contributed by atoms with van der Waals surface area (Å²) in [7, 11) is 0. The molecular formula is C32H48N2. The van der Waals surface area contributed by atoms with E-state index in [0.29, 0.717) is 0 Å². The van der Waals surface area contributed by atoms with E-state index in [4.69, 9.17) is 0 Å². The van der Waals surface area contributed by atoms with Crippen molar-refractivity contribution in [1.29, 1.82) is 0 Å². The lowest BCUT2D eigenvalue weighted by atomic mass is 9.71. The standard InChI is InChI=1S/C32H48N2/c1-3-7-27(8-4-1)29-17-11-25(12-18-29)15-21-31-23-34-32(24-33-31)22-16-26-13-19-30(20-14-26)28-9-5-2-6-10-28/h15-16,21-30H,1-14,17-20H2. The molecule has 1 heterocycles. The summed E-state index contributed by atoms with van der Waals surface area (Å²) in [6.45, 7) is 0. The number of nitrogens with zero attached hydrogens (tertiary/aromatic N) is 2. The molecule has 0 spiro atoms. The molecular weight excluding hydrogens is 412 g/mol. The van der Waals surface area contributed by atoms with Crippen LogP contribution in [0.4, 0.5) is 0 Å². The Balaban J connectivity index is 1.03. The van der Waals surface area contributed by atoms with E-state index in [-0.39, 0.29) is 0 Å². The molecule has 4 aliphatic rings. The largest absolute Gasteiger partial charge is 0.253 e. The second-order valence-electron chi connectivity index (χ2n) is 12.2. The van der Waals surface area contributed by atoms with E-state index in [1.54, 1.807) is 0 Å². The van der Waals surface area contributed by atoms with Crippen LogP contribution in [0.2, 0.25) is 0 Å². The van der Waals surface area contributed by atoms with Crippen LogP contribution in [0.5, 0.6) is 0 Å². The van der Waals surface area contributed by atoms with Gasteiger partial charge in [-0.2, -0.15) is 0 Å². The maximum Gasteiger partial charge on any atom is 0.0810 e. The Morgan fingerprint density at radius 3 is 1.15 bits per heavy atom. The Bertz CT molecular complexity index is 699. The van der Waals surface area contributed by atoms with E-state index in [2.05, 4.69) is 34.3 Å². The van der Waals surface area contributed by atoms with Crippen LogP contribution in [0, 0.1) is 35.5 Å². The molecule has 1 aromatic heterocycles. The monoisotopic (exact) mass is 460 g/mol. The molecule has 0 atom stereocenters. The average Bonchev–Trinajstić information content (AvgIpc) is 2.93. The number of hydrogen-bond donors (Lipinski definition) is 0. The maximum atomic E-state index is 4.69. The summed E-state index contributed by atoms with van der Waals surface area (Å²) in [6, 6.07) is 0. The summed E-state index contributed by atoms with van der Waals surface area (Å²) in [4.78, 5) is 9.38. The van der Waals surface area contributed by atoms with Crippen LogP contribution in [0.1, 0.15) is 127 Å². The minimum atomic E-state index is 0.741. The molecule has 0 aliphatic heterocycles. The van der Waals surface area contributed by atoms with E-state index in [9.17, 15) is 0 Å². The van der Waals surface area contributed by atoms with E-state index in [1.165, 1.54) is 116 Å². The zero-order valence-corrected chi connectivity index (χ0v) is 21.6. The fraction of sp³-hybridized carbons (Fsp3) is 0.750. The van der Waals surface area contributed by atoms with Crippen molar-refractivity contribution in [1.82, 2.24) is 9.97 Å². The third kappa shape index (κ3) is 6.82. The molecule has 5 rings (SSSR count). The highest BCUT2D eigenvalue weighted by Gasteiger charge is 2.28. The van der Waals surface area contributed by atoms with Crippen LogP contribution in [-0.2, 0) is 0 Å². The molecule has 0 bridgehead atoms. The van der Waals surface area contributed by atoms with Gasteiger partial charge in [0.05, 0.1) is 23.8 Å². The van der Waals surface area contributed by atoms with Crippen LogP contribution < -0.4 is 0 Å². The summed E-state index contributed by atoms with van der Waals surface area (Å²) in [6.07, 6.45) is 39.3. The molecule has 2 nitrogen and oxygen atoms in total. The Morgan fingerprint density at radius 2 is 0.794 bits per heavy atom. The molecule has 0 aromatic carbocycles. The first-order valence-electron chi connectivity index (χ1n) is 15.0. The van der Waals surface area contributed by atoms with Gasteiger partial charge in [-0.3, -0.25) is 9.97 Å². The summed E-state index contributed by atoms with van der Waals surface area (Å²) in [5.41, 5.74) is 2.03. The molecule has 0 amide bonds. The zero-order chi connectivity index (χ0) is 23.0. The van der Waals surface area contributed by atoms with Crippen LogP contribution in [-0.4, -0.2) is 9.97 Å². The summed E-state index contributed by atoms with van der Waals surface area (Å²) >= 11 is 0. The van der Waals surface area contributed by atoms with Gasteiger partial charge in [0, 0.05) is 0 Å². The molecule has 0 unspecified atom stereocenters. The predicted octanol–water partition coefficient (Wildman–Crippen LogP) is 9.28. The highest BCUT2D eigenvalue weighted by atomic mass is 14.8. The highest BCUT2D eigenvalue weighted by molar-refractivity contribution is 5.47. The third-order valence-electron chi connectivity index (χ3n) is 10.0. The zero-order valence-electron chi connectivity index (χ0n) is 21.6. The third-order valence-corrected chi connectivity index (χ3v) is 10.0. The lowest BCUT2D eigenvalue weighted by molar-refractivity contribution is 0.180. The van der Waals surface area contributed by atoms with Gasteiger partial charge in [0.2, 0.25) is 0 Å². The molecule has 0 radical (unpaired) electrons. The number of allylic oxidation sites excluding steroid dienone is 2. The normalized spacial score (nSPS) is 32.5. The SMILES string of the molecule is C(=CC1CCC(C2CCCCC2)CC1)c1cnc(C=CC2CCC(C3CCCCC3)CC2)cn1. The van der Waals surface area contributed by atoms with Crippen molar-refractivity contribution < 1.29 is 0 Å². The second-order valence-corrected chi connectivity index (χ2v) is 12.2. The van der Waals surface area contributed by atoms with Crippen molar-refractivity contribution in [2.24, 2.45) is 35.5 Å². The number of rotatable bonds is 6. The van der Waals surface area contributed by atoms with Gasteiger partial charge >= 0.3 is 0 Å². The molecule has 0 N–H and O–H groups in total. The van der Waals surface area contributed by atoms with Crippen LogP contribution in [0.3, 0.4) is 0 Å². The van der Waals surface area contributed by atoms with Crippen LogP contribution in [0.15, 0.2) is 24.5 Å². The lowest BCUT2D eigenvalue weighted by Crippen LogP contribution is -2.23. The minimum absolute atomic E-state index is 0.741. The van der Waals surface area contributed by atoms with E-state index in [1.807, 2.05) is 12.4 Å². The van der Waals surface area contributed by atoms with E-state index >= 15 is 0 Å². The molecule has 1 aromatic rings. The Morgan fingerprint density at radius 1 is 0.441 bits per heavy atom. The van der Waals surface area contributed by atoms with E-state index in [0.717, 1.165) is 46.9 Å². The van der Waals surface area contributed by atoms with E-state index < -0.39 is 0 Å². The maximum absolute atomic E-state index is 4.69. The van der Waals surface area contributed by atoms with Crippen LogP contribution in [0.25, 0.3) is 12.2 Å². The lowest BCUT2D eigenvalue weighted by Gasteiger charge is -2.35. The Kier molecular flexibility index (Phi) is 8.92. The van der Waals surface area contributed by atoms with Gasteiger partial charge in [-0.05, 0) is 99.0 Å². The van der Waals surface area contributed by atoms with Gasteiger partial charge in [0.1, 0.15) is 0 Å². The van der Waals surface area contributed by atoms with Gasteiger partial charge in [0.25, 0.3) is 0 Å². The summed E-state index contributed by atoms with van der Waals surface area (Å²) < 4.78 is 0.